The Morgan fingerprint density at radius 3 is 3.00 bits per heavy atom. The molecule has 1 atom stereocenters. The van der Waals surface area contributed by atoms with Gasteiger partial charge < -0.3 is 10.1 Å². The van der Waals surface area contributed by atoms with E-state index in [2.05, 4.69) is 49.1 Å². The Balaban J connectivity index is 1.92. The minimum absolute atomic E-state index is 0.406. The van der Waals surface area contributed by atoms with E-state index in [0.717, 1.165) is 18.9 Å². The SMILES string of the molecule is CCOc1cccc(CNC2CSCCC2(C)C)c1. The summed E-state index contributed by atoms with van der Waals surface area (Å²) < 4.78 is 5.55. The van der Waals surface area contributed by atoms with E-state index in [9.17, 15) is 0 Å². The topological polar surface area (TPSA) is 21.3 Å². The van der Waals surface area contributed by atoms with E-state index < -0.39 is 0 Å². The van der Waals surface area contributed by atoms with Gasteiger partial charge in [-0.25, -0.2) is 0 Å². The smallest absolute Gasteiger partial charge is 0.119 e. The molecule has 1 heterocycles. The predicted octanol–water partition coefficient (Wildman–Crippen LogP) is 3.71. The lowest BCUT2D eigenvalue weighted by atomic mass is 9.82. The fourth-order valence-corrected chi connectivity index (χ4v) is 4.07. The summed E-state index contributed by atoms with van der Waals surface area (Å²) in [4.78, 5) is 0. The van der Waals surface area contributed by atoms with Crippen molar-refractivity contribution in [2.45, 2.75) is 39.8 Å². The molecule has 1 saturated heterocycles. The molecule has 0 radical (unpaired) electrons. The maximum Gasteiger partial charge on any atom is 0.119 e. The van der Waals surface area contributed by atoms with E-state index in [-0.39, 0.29) is 0 Å². The molecule has 1 N–H and O–H groups in total. The van der Waals surface area contributed by atoms with Gasteiger partial charge in [0.15, 0.2) is 0 Å². The molecule has 2 rings (SSSR count). The zero-order valence-corrected chi connectivity index (χ0v) is 13.1. The lowest BCUT2D eigenvalue weighted by Gasteiger charge is -2.39. The summed E-state index contributed by atoms with van der Waals surface area (Å²) in [5, 5.41) is 3.72. The first-order valence-corrected chi connectivity index (χ1v) is 8.30. The van der Waals surface area contributed by atoms with Gasteiger partial charge in [0.1, 0.15) is 5.75 Å². The third-order valence-electron chi connectivity index (χ3n) is 3.88. The van der Waals surface area contributed by atoms with Gasteiger partial charge in [0, 0.05) is 18.3 Å². The molecule has 1 aliphatic rings. The molecule has 106 valence electrons. The summed E-state index contributed by atoms with van der Waals surface area (Å²) in [6.45, 7) is 8.42. The maximum absolute atomic E-state index is 5.55. The van der Waals surface area contributed by atoms with Crippen LogP contribution in [-0.4, -0.2) is 24.2 Å². The standard InChI is InChI=1S/C16H25NOS/c1-4-18-14-7-5-6-13(10-14)11-17-15-12-19-9-8-16(15,2)3/h5-7,10,15,17H,4,8-9,11-12H2,1-3H3. The van der Waals surface area contributed by atoms with E-state index in [1.54, 1.807) is 0 Å². The molecule has 0 aromatic heterocycles. The Morgan fingerprint density at radius 1 is 1.42 bits per heavy atom. The Morgan fingerprint density at radius 2 is 2.26 bits per heavy atom. The molecule has 0 saturated carbocycles. The van der Waals surface area contributed by atoms with Crippen molar-refractivity contribution in [3.63, 3.8) is 0 Å². The van der Waals surface area contributed by atoms with Crippen molar-refractivity contribution in [1.82, 2.24) is 5.32 Å². The Hall–Kier alpha value is -0.670. The Kier molecular flexibility index (Phi) is 5.17. The third-order valence-corrected chi connectivity index (χ3v) is 4.94. The zero-order chi connectivity index (χ0) is 13.7. The van der Waals surface area contributed by atoms with Gasteiger partial charge in [-0.15, -0.1) is 0 Å². The Labute approximate surface area is 121 Å². The molecule has 1 unspecified atom stereocenters. The highest BCUT2D eigenvalue weighted by Crippen LogP contribution is 2.34. The number of benzene rings is 1. The van der Waals surface area contributed by atoms with Crippen LogP contribution in [0.2, 0.25) is 0 Å². The summed E-state index contributed by atoms with van der Waals surface area (Å²) in [7, 11) is 0. The molecule has 19 heavy (non-hydrogen) atoms. The summed E-state index contributed by atoms with van der Waals surface area (Å²) >= 11 is 2.06. The fraction of sp³-hybridized carbons (Fsp3) is 0.625. The van der Waals surface area contributed by atoms with Gasteiger partial charge >= 0.3 is 0 Å². The second-order valence-corrected chi connectivity index (χ2v) is 6.98. The molecule has 0 spiro atoms. The molecule has 0 amide bonds. The minimum atomic E-state index is 0.406. The Bertz CT molecular complexity index is 405. The van der Waals surface area contributed by atoms with Gasteiger partial charge in [-0.2, -0.15) is 11.8 Å². The van der Waals surface area contributed by atoms with Gasteiger partial charge in [0.2, 0.25) is 0 Å². The minimum Gasteiger partial charge on any atom is -0.494 e. The summed E-state index contributed by atoms with van der Waals surface area (Å²) in [5.74, 6) is 3.49. The second-order valence-electron chi connectivity index (χ2n) is 5.83. The van der Waals surface area contributed by atoms with Crippen molar-refractivity contribution in [1.29, 1.82) is 0 Å². The highest BCUT2D eigenvalue weighted by molar-refractivity contribution is 7.99. The molecule has 0 aliphatic carbocycles. The predicted molar refractivity (Wildman–Crippen MR) is 84.0 cm³/mol. The first kappa shape index (κ1) is 14.7. The number of hydrogen-bond donors (Lipinski definition) is 1. The number of ether oxygens (including phenoxy) is 1. The zero-order valence-electron chi connectivity index (χ0n) is 12.2. The van der Waals surface area contributed by atoms with Gasteiger partial charge in [-0.05, 0) is 42.2 Å². The van der Waals surface area contributed by atoms with Crippen LogP contribution < -0.4 is 10.1 Å². The van der Waals surface area contributed by atoms with Crippen LogP contribution in [0.3, 0.4) is 0 Å². The van der Waals surface area contributed by atoms with Crippen LogP contribution in [0.4, 0.5) is 0 Å². The number of rotatable bonds is 5. The van der Waals surface area contributed by atoms with Crippen LogP contribution in [-0.2, 0) is 6.54 Å². The van der Waals surface area contributed by atoms with E-state index >= 15 is 0 Å². The quantitative estimate of drug-likeness (QED) is 0.888. The lowest BCUT2D eigenvalue weighted by molar-refractivity contribution is 0.245. The maximum atomic E-state index is 5.55. The molecule has 3 heteroatoms. The second kappa shape index (κ2) is 6.67. The summed E-state index contributed by atoms with van der Waals surface area (Å²) in [5.41, 5.74) is 1.71. The molecule has 1 fully saturated rings. The third kappa shape index (κ3) is 4.15. The summed E-state index contributed by atoms with van der Waals surface area (Å²) in [6, 6.07) is 9.00. The molecular weight excluding hydrogens is 254 g/mol. The van der Waals surface area contributed by atoms with Crippen molar-refractivity contribution in [3.05, 3.63) is 29.8 Å². The monoisotopic (exact) mass is 279 g/mol. The average Bonchev–Trinajstić information content (AvgIpc) is 2.38. The van der Waals surface area contributed by atoms with E-state index in [4.69, 9.17) is 4.74 Å². The highest BCUT2D eigenvalue weighted by atomic mass is 32.2. The van der Waals surface area contributed by atoms with E-state index in [1.165, 1.54) is 23.5 Å². The van der Waals surface area contributed by atoms with Crippen molar-refractivity contribution in [2.24, 2.45) is 5.41 Å². The van der Waals surface area contributed by atoms with Crippen molar-refractivity contribution >= 4 is 11.8 Å². The molecule has 1 aliphatic heterocycles. The molecule has 1 aromatic rings. The average molecular weight is 279 g/mol. The molecule has 2 nitrogen and oxygen atoms in total. The number of hydrogen-bond acceptors (Lipinski definition) is 3. The molecular formula is C16H25NOS. The van der Waals surface area contributed by atoms with Crippen LogP contribution in [0.5, 0.6) is 5.75 Å². The lowest BCUT2D eigenvalue weighted by Crippen LogP contribution is -2.46. The van der Waals surface area contributed by atoms with Crippen molar-refractivity contribution in [3.8, 4) is 5.75 Å². The normalized spacial score (nSPS) is 22.2. The molecule has 1 aromatic carbocycles. The van der Waals surface area contributed by atoms with Crippen LogP contribution in [0.1, 0.15) is 32.8 Å². The van der Waals surface area contributed by atoms with Gasteiger partial charge in [0.25, 0.3) is 0 Å². The van der Waals surface area contributed by atoms with Crippen LogP contribution in [0, 0.1) is 5.41 Å². The molecule has 0 bridgehead atoms. The van der Waals surface area contributed by atoms with E-state index in [1.807, 2.05) is 13.0 Å². The van der Waals surface area contributed by atoms with Crippen LogP contribution in [0.25, 0.3) is 0 Å². The first-order valence-electron chi connectivity index (χ1n) is 7.14. The van der Waals surface area contributed by atoms with E-state index in [0.29, 0.717) is 11.5 Å². The van der Waals surface area contributed by atoms with Gasteiger partial charge in [-0.3, -0.25) is 0 Å². The van der Waals surface area contributed by atoms with Crippen molar-refractivity contribution < 1.29 is 4.74 Å². The number of nitrogens with one attached hydrogen (secondary N) is 1. The highest BCUT2D eigenvalue weighted by Gasteiger charge is 2.31. The van der Waals surface area contributed by atoms with Gasteiger partial charge in [-0.1, -0.05) is 26.0 Å². The fourth-order valence-electron chi connectivity index (χ4n) is 2.42. The first-order chi connectivity index (χ1) is 9.12. The van der Waals surface area contributed by atoms with Crippen molar-refractivity contribution in [2.75, 3.05) is 18.1 Å². The largest absolute Gasteiger partial charge is 0.494 e. The van der Waals surface area contributed by atoms with Crippen LogP contribution >= 0.6 is 11.8 Å². The number of thioether (sulfide) groups is 1. The van der Waals surface area contributed by atoms with Crippen LogP contribution in [0.15, 0.2) is 24.3 Å². The van der Waals surface area contributed by atoms with Gasteiger partial charge in [0.05, 0.1) is 6.61 Å². The summed E-state index contributed by atoms with van der Waals surface area (Å²) in [6.07, 6.45) is 1.30.